The van der Waals surface area contributed by atoms with Crippen LogP contribution < -0.4 is 4.90 Å². The molecule has 1 aliphatic heterocycles. The molecule has 0 aromatic heterocycles. The molecule has 1 saturated heterocycles. The zero-order valence-corrected chi connectivity index (χ0v) is 20.5. The highest BCUT2D eigenvalue weighted by Gasteiger charge is 2.67. The molecule has 188 valence electrons. The van der Waals surface area contributed by atoms with Crippen molar-refractivity contribution in [1.29, 1.82) is 0 Å². The van der Waals surface area contributed by atoms with Crippen LogP contribution >= 0.6 is 0 Å². The molecule has 0 radical (unpaired) electrons. The number of hydrogen-bond acceptors (Lipinski definition) is 5. The van der Waals surface area contributed by atoms with E-state index in [4.69, 9.17) is 4.74 Å². The molecule has 5 aliphatic rings. The summed E-state index contributed by atoms with van der Waals surface area (Å²) in [6.45, 7) is -0.379. The molecule has 0 unspecified atom stereocenters. The lowest BCUT2D eigenvalue weighted by molar-refractivity contribution is -0.124. The lowest BCUT2D eigenvalue weighted by atomic mass is 9.63. The fraction of sp³-hybridized carbons (Fsp3) is 0.250. The van der Waals surface area contributed by atoms with E-state index in [1.807, 2.05) is 42.5 Å². The SMILES string of the molecule is O=C(COC(=O)c1ccc(N2C(=O)[C@@H]3[C@H]4C=C[C@@H]([C@@H]5C[C@@H]45)[C@@H]3C2=O)cc1)c1ccc(-c2ccccc2)cc1. The first-order valence-corrected chi connectivity index (χ1v) is 13.0. The minimum atomic E-state index is -0.638. The number of ether oxygens (including phenoxy) is 1. The summed E-state index contributed by atoms with van der Waals surface area (Å²) in [5, 5.41) is 0. The molecule has 0 spiro atoms. The Morgan fingerprint density at radius 3 is 1.87 bits per heavy atom. The topological polar surface area (TPSA) is 80.8 Å². The van der Waals surface area contributed by atoms with E-state index in [1.165, 1.54) is 17.0 Å². The van der Waals surface area contributed by atoms with Crippen molar-refractivity contribution in [2.75, 3.05) is 11.5 Å². The Morgan fingerprint density at radius 2 is 1.26 bits per heavy atom. The van der Waals surface area contributed by atoms with Crippen LogP contribution in [0.4, 0.5) is 5.69 Å². The van der Waals surface area contributed by atoms with Crippen molar-refractivity contribution < 1.29 is 23.9 Å². The maximum absolute atomic E-state index is 13.3. The second-order valence-corrected chi connectivity index (χ2v) is 10.7. The van der Waals surface area contributed by atoms with Gasteiger partial charge in [-0.2, -0.15) is 0 Å². The molecule has 3 fully saturated rings. The zero-order valence-electron chi connectivity index (χ0n) is 20.5. The third-order valence-corrected chi connectivity index (χ3v) is 8.67. The Kier molecular flexibility index (Phi) is 5.18. The van der Waals surface area contributed by atoms with Gasteiger partial charge < -0.3 is 4.74 Å². The Morgan fingerprint density at radius 1 is 0.711 bits per heavy atom. The van der Waals surface area contributed by atoms with Gasteiger partial charge in [-0.15, -0.1) is 0 Å². The van der Waals surface area contributed by atoms with Crippen molar-refractivity contribution >= 4 is 29.3 Å². The zero-order chi connectivity index (χ0) is 26.0. The number of Topliss-reactive ketones (excluding diaryl/α,β-unsaturated/α-hetero) is 1. The molecule has 6 heteroatoms. The number of hydrogen-bond donors (Lipinski definition) is 0. The fourth-order valence-electron chi connectivity index (χ4n) is 6.73. The van der Waals surface area contributed by atoms with Crippen molar-refractivity contribution in [2.45, 2.75) is 6.42 Å². The van der Waals surface area contributed by atoms with Crippen LogP contribution in [0.3, 0.4) is 0 Å². The summed E-state index contributed by atoms with van der Waals surface area (Å²) in [5.41, 5.74) is 3.22. The molecule has 6 nitrogen and oxygen atoms in total. The first-order valence-electron chi connectivity index (χ1n) is 13.0. The molecule has 3 aromatic carbocycles. The van der Waals surface area contributed by atoms with Crippen LogP contribution in [0.15, 0.2) is 91.0 Å². The van der Waals surface area contributed by atoms with E-state index in [9.17, 15) is 19.2 Å². The molecule has 2 bridgehead atoms. The maximum atomic E-state index is 13.3. The summed E-state index contributed by atoms with van der Waals surface area (Å²) >= 11 is 0. The number of imide groups is 1. The largest absolute Gasteiger partial charge is 0.454 e. The minimum absolute atomic E-state index is 0.135. The predicted octanol–water partition coefficient (Wildman–Crippen LogP) is 4.95. The average Bonchev–Trinajstić information content (AvgIpc) is 3.75. The van der Waals surface area contributed by atoms with Crippen LogP contribution in [0.25, 0.3) is 11.1 Å². The van der Waals surface area contributed by atoms with Crippen molar-refractivity contribution in [2.24, 2.45) is 35.5 Å². The Labute approximate surface area is 219 Å². The van der Waals surface area contributed by atoms with Gasteiger partial charge in [-0.1, -0.05) is 66.7 Å². The van der Waals surface area contributed by atoms with Crippen LogP contribution in [0, 0.1) is 35.5 Å². The van der Waals surface area contributed by atoms with E-state index in [0.29, 0.717) is 23.1 Å². The Hall–Kier alpha value is -4.32. The van der Waals surface area contributed by atoms with E-state index in [1.54, 1.807) is 24.3 Å². The van der Waals surface area contributed by atoms with Gasteiger partial charge >= 0.3 is 5.97 Å². The molecule has 2 amide bonds. The van der Waals surface area contributed by atoms with E-state index in [0.717, 1.165) is 17.5 Å². The number of benzene rings is 3. The van der Waals surface area contributed by atoms with E-state index >= 15 is 0 Å². The molecule has 1 heterocycles. The second kappa shape index (κ2) is 8.62. The number of carbonyl (C=O) groups excluding carboxylic acids is 4. The number of rotatable bonds is 6. The lowest BCUT2D eigenvalue weighted by Crippen LogP contribution is -2.40. The summed E-state index contributed by atoms with van der Waals surface area (Å²) in [4.78, 5) is 53.0. The summed E-state index contributed by atoms with van der Waals surface area (Å²) in [6, 6.07) is 23.3. The third kappa shape index (κ3) is 3.55. The predicted molar refractivity (Wildman–Crippen MR) is 140 cm³/mol. The highest BCUT2D eigenvalue weighted by molar-refractivity contribution is 6.22. The number of carbonyl (C=O) groups is 4. The lowest BCUT2D eigenvalue weighted by Gasteiger charge is -2.37. The molecule has 4 aliphatic carbocycles. The van der Waals surface area contributed by atoms with Gasteiger partial charge in [-0.3, -0.25) is 19.3 Å². The van der Waals surface area contributed by atoms with Crippen LogP contribution in [-0.2, 0) is 14.3 Å². The monoisotopic (exact) mass is 503 g/mol. The summed E-state index contributed by atoms with van der Waals surface area (Å²) in [5.74, 6) is -0.317. The van der Waals surface area contributed by atoms with Gasteiger partial charge in [0.15, 0.2) is 12.4 Å². The molecule has 8 rings (SSSR count). The number of allylic oxidation sites excluding steroid dienone is 2. The van der Waals surface area contributed by atoms with Gasteiger partial charge in [0.1, 0.15) is 0 Å². The maximum Gasteiger partial charge on any atom is 0.338 e. The van der Waals surface area contributed by atoms with E-state index in [2.05, 4.69) is 12.2 Å². The Bertz CT molecular complexity index is 1460. The van der Waals surface area contributed by atoms with Gasteiger partial charge in [-0.05, 0) is 65.5 Å². The molecule has 2 saturated carbocycles. The van der Waals surface area contributed by atoms with E-state index < -0.39 is 5.97 Å². The number of amides is 2. The molecular formula is C32H25NO5. The second-order valence-electron chi connectivity index (χ2n) is 10.7. The van der Waals surface area contributed by atoms with Crippen LogP contribution in [0.1, 0.15) is 27.1 Å². The minimum Gasteiger partial charge on any atom is -0.454 e. The van der Waals surface area contributed by atoms with Crippen molar-refractivity contribution in [3.05, 3.63) is 102 Å². The van der Waals surface area contributed by atoms with Crippen molar-refractivity contribution in [3.8, 4) is 11.1 Å². The van der Waals surface area contributed by atoms with Crippen molar-refractivity contribution in [1.82, 2.24) is 0 Å². The molecule has 38 heavy (non-hydrogen) atoms. The first kappa shape index (κ1) is 22.8. The van der Waals surface area contributed by atoms with Crippen molar-refractivity contribution in [3.63, 3.8) is 0 Å². The highest BCUT2D eigenvalue weighted by Crippen LogP contribution is 2.65. The summed E-state index contributed by atoms with van der Waals surface area (Å²) in [6.07, 6.45) is 5.41. The quantitative estimate of drug-likeness (QED) is 0.206. The van der Waals surface area contributed by atoms with E-state index in [-0.39, 0.29) is 53.4 Å². The third-order valence-electron chi connectivity index (χ3n) is 8.67. The van der Waals surface area contributed by atoms with Gasteiger partial charge in [0.25, 0.3) is 0 Å². The standard InChI is InChI=1S/C32H25NO5/c34-27(20-8-6-19(7-9-20)18-4-2-1-3-5-18)17-38-32(37)21-10-12-22(13-11-21)33-30(35)28-23-14-15-24(26-16-25(23)26)29(28)31(33)36/h1-15,23-26,28-29H,16-17H2/t23-,24-,25-,26-,28-,29+/m0/s1. The summed E-state index contributed by atoms with van der Waals surface area (Å²) in [7, 11) is 0. The smallest absolute Gasteiger partial charge is 0.338 e. The number of nitrogens with zero attached hydrogens (tertiary/aromatic N) is 1. The van der Waals surface area contributed by atoms with Crippen LogP contribution in [-0.4, -0.2) is 30.2 Å². The number of ketones is 1. The normalized spacial score (nSPS) is 28.2. The van der Waals surface area contributed by atoms with Crippen LogP contribution in [0.5, 0.6) is 0 Å². The summed E-state index contributed by atoms with van der Waals surface area (Å²) < 4.78 is 5.25. The highest BCUT2D eigenvalue weighted by atomic mass is 16.5. The molecular weight excluding hydrogens is 478 g/mol. The molecule has 3 aromatic rings. The van der Waals surface area contributed by atoms with Gasteiger partial charge in [0.2, 0.25) is 11.8 Å². The van der Waals surface area contributed by atoms with Gasteiger partial charge in [0.05, 0.1) is 23.1 Å². The Balaban J connectivity index is 0.994. The number of esters is 1. The number of anilines is 1. The molecule has 0 N–H and O–H groups in total. The van der Waals surface area contributed by atoms with Crippen LogP contribution in [0.2, 0.25) is 0 Å². The molecule has 6 atom stereocenters. The first-order chi connectivity index (χ1) is 18.5. The average molecular weight is 504 g/mol. The fourth-order valence-corrected chi connectivity index (χ4v) is 6.73. The van der Waals surface area contributed by atoms with Gasteiger partial charge in [0, 0.05) is 5.56 Å². The van der Waals surface area contributed by atoms with Gasteiger partial charge in [-0.25, -0.2) is 4.79 Å².